The van der Waals surface area contributed by atoms with E-state index in [-0.39, 0.29) is 5.75 Å². The van der Waals surface area contributed by atoms with E-state index >= 15 is 0 Å². The van der Waals surface area contributed by atoms with Gasteiger partial charge in [0.1, 0.15) is 11.3 Å². The van der Waals surface area contributed by atoms with Gasteiger partial charge in [-0.25, -0.2) is 4.79 Å². The van der Waals surface area contributed by atoms with Crippen LogP contribution in [0, 0.1) is 24.2 Å². The first-order valence-electron chi connectivity index (χ1n) is 8.37. The fourth-order valence-corrected chi connectivity index (χ4v) is 3.26. The second kappa shape index (κ2) is 6.66. The molecule has 3 rings (SSSR count). The van der Waals surface area contributed by atoms with Gasteiger partial charge in [-0.15, -0.1) is 0 Å². The zero-order valence-electron chi connectivity index (χ0n) is 14.1. The van der Waals surface area contributed by atoms with Crippen molar-refractivity contribution in [2.75, 3.05) is 6.54 Å². The average molecular weight is 326 g/mol. The Bertz CT molecular complexity index is 846. The molecule has 0 amide bonds. The Labute approximate surface area is 141 Å². The number of phenolic OH excluding ortho intramolecular Hbond substituents is 1. The highest BCUT2D eigenvalue weighted by atomic mass is 16.4. The zero-order chi connectivity index (χ0) is 17.3. The van der Waals surface area contributed by atoms with E-state index in [1.165, 1.54) is 18.9 Å². The summed E-state index contributed by atoms with van der Waals surface area (Å²) in [4.78, 5) is 14.2. The van der Waals surface area contributed by atoms with Crippen molar-refractivity contribution in [3.05, 3.63) is 39.7 Å². The monoisotopic (exact) mass is 326 g/mol. The van der Waals surface area contributed by atoms with Gasteiger partial charge in [0.2, 0.25) is 0 Å². The lowest BCUT2D eigenvalue weighted by atomic mass is 10.0. The van der Waals surface area contributed by atoms with E-state index in [0.29, 0.717) is 42.6 Å². The summed E-state index contributed by atoms with van der Waals surface area (Å²) in [6, 6.07) is 7.54. The smallest absolute Gasteiger partial charge is 0.336 e. The van der Waals surface area contributed by atoms with E-state index in [0.717, 1.165) is 10.9 Å². The van der Waals surface area contributed by atoms with Crippen LogP contribution in [0.4, 0.5) is 0 Å². The fraction of sp³-hybridized carbons (Fsp3) is 0.474. The molecule has 1 saturated carbocycles. The quantitative estimate of drug-likeness (QED) is 0.824. The van der Waals surface area contributed by atoms with Gasteiger partial charge in [0, 0.05) is 42.6 Å². The third kappa shape index (κ3) is 3.29. The number of phenols is 1. The lowest BCUT2D eigenvalue weighted by Gasteiger charge is -2.28. The third-order valence-corrected chi connectivity index (χ3v) is 4.98. The summed E-state index contributed by atoms with van der Waals surface area (Å²) in [7, 11) is 0. The van der Waals surface area contributed by atoms with E-state index < -0.39 is 5.63 Å². The number of hydrogen-bond acceptors (Lipinski definition) is 5. The van der Waals surface area contributed by atoms with Gasteiger partial charge in [0.25, 0.3) is 0 Å². The van der Waals surface area contributed by atoms with Crippen LogP contribution in [0.3, 0.4) is 0 Å². The van der Waals surface area contributed by atoms with Gasteiger partial charge in [0.15, 0.2) is 0 Å². The van der Waals surface area contributed by atoms with E-state index in [2.05, 4.69) is 17.9 Å². The summed E-state index contributed by atoms with van der Waals surface area (Å²) >= 11 is 0. The van der Waals surface area contributed by atoms with Crippen molar-refractivity contribution in [1.82, 2.24) is 4.90 Å². The van der Waals surface area contributed by atoms with Crippen molar-refractivity contribution in [2.45, 2.75) is 45.7 Å². The van der Waals surface area contributed by atoms with Crippen LogP contribution >= 0.6 is 0 Å². The SMILES string of the molecule is Cc1c(O)ccc2c(CN(CCC#N)C(C)C3CC3)cc(=O)oc12. The average Bonchev–Trinajstić information content (AvgIpc) is 3.39. The van der Waals surface area contributed by atoms with E-state index in [9.17, 15) is 9.90 Å². The normalized spacial score (nSPS) is 15.6. The largest absolute Gasteiger partial charge is 0.508 e. The lowest BCUT2D eigenvalue weighted by Crippen LogP contribution is -2.35. The first-order valence-corrected chi connectivity index (χ1v) is 8.37. The lowest BCUT2D eigenvalue weighted by molar-refractivity contribution is 0.185. The fourth-order valence-electron chi connectivity index (χ4n) is 3.26. The number of fused-ring (bicyclic) bond motifs is 1. The van der Waals surface area contributed by atoms with Gasteiger partial charge in [-0.05, 0) is 50.3 Å². The maximum Gasteiger partial charge on any atom is 0.336 e. The van der Waals surface area contributed by atoms with Crippen LogP contribution in [-0.2, 0) is 6.54 Å². The van der Waals surface area contributed by atoms with Crippen LogP contribution in [0.25, 0.3) is 11.0 Å². The Kier molecular flexibility index (Phi) is 4.59. The van der Waals surface area contributed by atoms with Gasteiger partial charge in [-0.2, -0.15) is 5.26 Å². The number of nitrogens with zero attached hydrogens (tertiary/aromatic N) is 2. The van der Waals surface area contributed by atoms with Crippen LogP contribution in [0.5, 0.6) is 5.75 Å². The molecule has 5 heteroatoms. The molecule has 2 aromatic rings. The molecule has 1 aromatic heterocycles. The summed E-state index contributed by atoms with van der Waals surface area (Å²) in [6.45, 7) is 5.23. The Balaban J connectivity index is 1.99. The highest BCUT2D eigenvalue weighted by molar-refractivity contribution is 5.84. The van der Waals surface area contributed by atoms with Gasteiger partial charge in [-0.1, -0.05) is 0 Å². The number of aryl methyl sites for hydroxylation is 1. The molecule has 5 nitrogen and oxygen atoms in total. The van der Waals surface area contributed by atoms with Crippen molar-refractivity contribution in [1.29, 1.82) is 5.26 Å². The highest BCUT2D eigenvalue weighted by Crippen LogP contribution is 2.36. The maximum atomic E-state index is 12.0. The van der Waals surface area contributed by atoms with Gasteiger partial charge in [0.05, 0.1) is 6.07 Å². The molecule has 0 spiro atoms. The Morgan fingerprint density at radius 2 is 2.21 bits per heavy atom. The van der Waals surface area contributed by atoms with Crippen LogP contribution in [0.15, 0.2) is 27.4 Å². The molecule has 0 saturated heterocycles. The molecular weight excluding hydrogens is 304 g/mol. The van der Waals surface area contributed by atoms with Gasteiger partial charge in [-0.3, -0.25) is 4.90 Å². The van der Waals surface area contributed by atoms with Crippen LogP contribution in [0.1, 0.15) is 37.3 Å². The predicted octanol–water partition coefficient (Wildman–Crippen LogP) is 3.32. The van der Waals surface area contributed by atoms with Gasteiger partial charge >= 0.3 is 5.63 Å². The molecule has 0 radical (unpaired) electrons. The molecular formula is C19H22N2O3. The summed E-state index contributed by atoms with van der Waals surface area (Å²) in [5.74, 6) is 0.802. The molecule has 0 aliphatic heterocycles. The van der Waals surface area contributed by atoms with Gasteiger partial charge < -0.3 is 9.52 Å². The molecule has 1 unspecified atom stereocenters. The van der Waals surface area contributed by atoms with E-state index in [1.807, 2.05) is 0 Å². The van der Waals surface area contributed by atoms with Crippen LogP contribution < -0.4 is 5.63 Å². The second-order valence-corrected chi connectivity index (χ2v) is 6.63. The summed E-state index contributed by atoms with van der Waals surface area (Å²) < 4.78 is 5.31. The van der Waals surface area contributed by atoms with Crippen molar-refractivity contribution in [2.24, 2.45) is 5.92 Å². The molecule has 1 aromatic carbocycles. The summed E-state index contributed by atoms with van der Waals surface area (Å²) in [5, 5.41) is 19.6. The summed E-state index contributed by atoms with van der Waals surface area (Å²) in [6.07, 6.45) is 2.93. The molecule has 1 aliphatic carbocycles. The number of rotatable bonds is 6. The molecule has 126 valence electrons. The van der Waals surface area contributed by atoms with E-state index in [4.69, 9.17) is 9.68 Å². The number of benzene rings is 1. The molecule has 1 fully saturated rings. The molecule has 24 heavy (non-hydrogen) atoms. The molecule has 1 N–H and O–H groups in total. The van der Waals surface area contributed by atoms with Crippen molar-refractivity contribution < 1.29 is 9.52 Å². The minimum absolute atomic E-state index is 0.121. The Morgan fingerprint density at radius 1 is 1.46 bits per heavy atom. The minimum atomic E-state index is -0.412. The van der Waals surface area contributed by atoms with Crippen LogP contribution in [0.2, 0.25) is 0 Å². The Morgan fingerprint density at radius 3 is 2.88 bits per heavy atom. The van der Waals surface area contributed by atoms with Crippen molar-refractivity contribution in [3.8, 4) is 11.8 Å². The number of hydrogen-bond donors (Lipinski definition) is 1. The standard InChI is InChI=1S/C19H22N2O3/c1-12-17(22)7-6-16-15(10-18(23)24-19(12)16)11-21(9-3-8-20)13(2)14-4-5-14/h6-7,10,13-14,22H,3-5,9,11H2,1-2H3. The van der Waals surface area contributed by atoms with E-state index in [1.54, 1.807) is 19.1 Å². The number of nitriles is 1. The molecule has 1 aliphatic rings. The summed E-state index contributed by atoms with van der Waals surface area (Å²) in [5.41, 5.74) is 1.49. The first-order chi connectivity index (χ1) is 11.5. The topological polar surface area (TPSA) is 77.5 Å². The third-order valence-electron chi connectivity index (χ3n) is 4.98. The minimum Gasteiger partial charge on any atom is -0.508 e. The van der Waals surface area contributed by atoms with Crippen molar-refractivity contribution >= 4 is 11.0 Å². The second-order valence-electron chi connectivity index (χ2n) is 6.63. The molecule has 1 heterocycles. The first kappa shape index (κ1) is 16.5. The predicted molar refractivity (Wildman–Crippen MR) is 91.7 cm³/mol. The molecule has 1 atom stereocenters. The maximum absolute atomic E-state index is 12.0. The Hall–Kier alpha value is -2.32. The number of aromatic hydroxyl groups is 1. The van der Waals surface area contributed by atoms with Crippen molar-refractivity contribution in [3.63, 3.8) is 0 Å². The van der Waals surface area contributed by atoms with Crippen LogP contribution in [-0.4, -0.2) is 22.6 Å². The zero-order valence-corrected chi connectivity index (χ0v) is 14.1. The molecule has 0 bridgehead atoms. The highest BCUT2D eigenvalue weighted by Gasteiger charge is 2.32.